The molecule has 1 aromatic carbocycles. The number of aliphatic hydroxyl groups excluding tert-OH is 3. The van der Waals surface area contributed by atoms with Crippen molar-refractivity contribution in [3.63, 3.8) is 0 Å². The average Bonchev–Trinajstić information content (AvgIpc) is 2.38. The van der Waals surface area contributed by atoms with Gasteiger partial charge in [-0.05, 0) is 17.7 Å². The first-order valence-corrected chi connectivity index (χ1v) is 5.99. The van der Waals surface area contributed by atoms with Crippen molar-refractivity contribution in [2.24, 2.45) is 0 Å². The molecule has 0 bridgehead atoms. The van der Waals surface area contributed by atoms with Crippen LogP contribution < -0.4 is 4.74 Å². The van der Waals surface area contributed by atoms with E-state index in [1.54, 1.807) is 7.11 Å². The molecule has 3 N–H and O–H groups in total. The summed E-state index contributed by atoms with van der Waals surface area (Å²) in [6.07, 6.45) is -1.46. The van der Waals surface area contributed by atoms with Crippen molar-refractivity contribution < 1.29 is 20.1 Å². The molecule has 1 aliphatic rings. The topological polar surface area (TPSA) is 73.2 Å². The summed E-state index contributed by atoms with van der Waals surface area (Å²) in [7, 11) is 1.62. The maximum absolute atomic E-state index is 9.61. The van der Waals surface area contributed by atoms with E-state index in [0.717, 1.165) is 11.3 Å². The molecule has 1 saturated heterocycles. The first-order valence-electron chi connectivity index (χ1n) is 5.99. The molecule has 18 heavy (non-hydrogen) atoms. The van der Waals surface area contributed by atoms with E-state index in [-0.39, 0.29) is 12.6 Å². The van der Waals surface area contributed by atoms with Gasteiger partial charge in [-0.3, -0.25) is 4.90 Å². The van der Waals surface area contributed by atoms with Gasteiger partial charge in [0.2, 0.25) is 0 Å². The van der Waals surface area contributed by atoms with Gasteiger partial charge in [-0.25, -0.2) is 0 Å². The van der Waals surface area contributed by atoms with Gasteiger partial charge < -0.3 is 20.1 Å². The van der Waals surface area contributed by atoms with Crippen molar-refractivity contribution in [3.8, 4) is 5.75 Å². The first-order chi connectivity index (χ1) is 8.65. The van der Waals surface area contributed by atoms with E-state index < -0.39 is 12.2 Å². The average molecular weight is 253 g/mol. The van der Waals surface area contributed by atoms with Gasteiger partial charge in [0.15, 0.2) is 0 Å². The molecule has 0 aromatic heterocycles. The van der Waals surface area contributed by atoms with Crippen LogP contribution >= 0.6 is 0 Å². The lowest BCUT2D eigenvalue weighted by molar-refractivity contribution is -0.127. The summed E-state index contributed by atoms with van der Waals surface area (Å²) in [5.41, 5.74) is 1.08. The molecule has 1 fully saturated rings. The summed E-state index contributed by atoms with van der Waals surface area (Å²) in [6.45, 7) is 0.831. The van der Waals surface area contributed by atoms with Gasteiger partial charge in [-0.15, -0.1) is 0 Å². The molecule has 0 spiro atoms. The summed E-state index contributed by atoms with van der Waals surface area (Å²) in [5.74, 6) is 0.800. The standard InChI is InChI=1S/C13H19NO4/c1-18-10-4-2-9(3-5-10)6-14-7-11(16)13(14)12(17)8-15/h2-5,11-13,15-17H,6-8H2,1H3. The number of aliphatic hydroxyl groups is 3. The van der Waals surface area contributed by atoms with Crippen LogP contribution in [0, 0.1) is 0 Å². The predicted molar refractivity (Wildman–Crippen MR) is 66.3 cm³/mol. The quantitative estimate of drug-likeness (QED) is 0.665. The molecule has 0 amide bonds. The first kappa shape index (κ1) is 13.3. The lowest BCUT2D eigenvalue weighted by Crippen LogP contribution is -2.65. The van der Waals surface area contributed by atoms with Gasteiger partial charge in [0.1, 0.15) is 5.75 Å². The normalized spacial score (nSPS) is 25.6. The van der Waals surface area contributed by atoms with Crippen molar-refractivity contribution in [2.75, 3.05) is 20.3 Å². The second-order valence-corrected chi connectivity index (χ2v) is 4.59. The number of β-amino-alcohol motifs (C(OH)–C–C–N with tert-alkyl or cyclic N) is 1. The lowest BCUT2D eigenvalue weighted by Gasteiger charge is -2.47. The largest absolute Gasteiger partial charge is 0.497 e. The maximum atomic E-state index is 9.61. The summed E-state index contributed by atoms with van der Waals surface area (Å²) in [6, 6.07) is 7.28. The SMILES string of the molecule is COc1ccc(CN2CC(O)C2C(O)CO)cc1. The van der Waals surface area contributed by atoms with Gasteiger partial charge in [0, 0.05) is 13.1 Å². The van der Waals surface area contributed by atoms with Crippen LogP contribution in [0.4, 0.5) is 0 Å². The lowest BCUT2D eigenvalue weighted by atomic mass is 9.93. The molecule has 1 heterocycles. The van der Waals surface area contributed by atoms with Crippen LogP contribution in [0.1, 0.15) is 5.56 Å². The van der Waals surface area contributed by atoms with Crippen molar-refractivity contribution >= 4 is 0 Å². The van der Waals surface area contributed by atoms with Crippen LogP contribution in [0.3, 0.4) is 0 Å². The minimum Gasteiger partial charge on any atom is -0.497 e. The van der Waals surface area contributed by atoms with Crippen LogP contribution in [0.15, 0.2) is 24.3 Å². The Bertz CT molecular complexity index is 381. The zero-order valence-electron chi connectivity index (χ0n) is 10.4. The number of likely N-dealkylation sites (tertiary alicyclic amines) is 1. The number of hydrogen-bond donors (Lipinski definition) is 3. The Morgan fingerprint density at radius 3 is 2.56 bits per heavy atom. The molecule has 0 saturated carbocycles. The third-order valence-corrected chi connectivity index (χ3v) is 3.36. The van der Waals surface area contributed by atoms with E-state index in [0.29, 0.717) is 13.1 Å². The molecule has 3 atom stereocenters. The summed E-state index contributed by atoms with van der Waals surface area (Å²) in [4.78, 5) is 1.95. The molecule has 3 unspecified atom stereocenters. The number of nitrogens with zero attached hydrogens (tertiary/aromatic N) is 1. The molecule has 1 aliphatic heterocycles. The van der Waals surface area contributed by atoms with Crippen LogP contribution in [-0.2, 0) is 6.54 Å². The third-order valence-electron chi connectivity index (χ3n) is 3.36. The number of ether oxygens (including phenoxy) is 1. The Kier molecular flexibility index (Phi) is 4.19. The molecule has 5 nitrogen and oxygen atoms in total. The number of methoxy groups -OCH3 is 1. The molecule has 5 heteroatoms. The second kappa shape index (κ2) is 5.67. The van der Waals surface area contributed by atoms with Crippen molar-refractivity contribution in [1.29, 1.82) is 0 Å². The van der Waals surface area contributed by atoms with E-state index in [9.17, 15) is 10.2 Å². The Morgan fingerprint density at radius 1 is 1.39 bits per heavy atom. The zero-order chi connectivity index (χ0) is 13.1. The maximum Gasteiger partial charge on any atom is 0.118 e. The van der Waals surface area contributed by atoms with E-state index in [4.69, 9.17) is 9.84 Å². The van der Waals surface area contributed by atoms with Crippen LogP contribution in [0.2, 0.25) is 0 Å². The molecule has 0 aliphatic carbocycles. The fourth-order valence-electron chi connectivity index (χ4n) is 2.32. The second-order valence-electron chi connectivity index (χ2n) is 4.59. The van der Waals surface area contributed by atoms with Gasteiger partial charge in [0.25, 0.3) is 0 Å². The molecular formula is C13H19NO4. The molecule has 1 aromatic rings. The summed E-state index contributed by atoms with van der Waals surface area (Å²) < 4.78 is 5.08. The van der Waals surface area contributed by atoms with Crippen LogP contribution in [-0.4, -0.2) is 58.7 Å². The van der Waals surface area contributed by atoms with E-state index >= 15 is 0 Å². The van der Waals surface area contributed by atoms with E-state index in [1.165, 1.54) is 0 Å². The van der Waals surface area contributed by atoms with Crippen LogP contribution in [0.5, 0.6) is 5.75 Å². The van der Waals surface area contributed by atoms with Gasteiger partial charge in [-0.2, -0.15) is 0 Å². The van der Waals surface area contributed by atoms with Gasteiger partial charge in [0.05, 0.1) is 32.0 Å². The molecule has 2 rings (SSSR count). The van der Waals surface area contributed by atoms with Crippen molar-refractivity contribution in [1.82, 2.24) is 4.90 Å². The zero-order valence-corrected chi connectivity index (χ0v) is 10.4. The summed E-state index contributed by atoms with van der Waals surface area (Å²) >= 11 is 0. The van der Waals surface area contributed by atoms with Crippen molar-refractivity contribution in [3.05, 3.63) is 29.8 Å². The smallest absolute Gasteiger partial charge is 0.118 e. The predicted octanol–water partition coefficient (Wildman–Crippen LogP) is -0.407. The minimum atomic E-state index is -0.896. The minimum absolute atomic E-state index is 0.333. The van der Waals surface area contributed by atoms with E-state index in [2.05, 4.69) is 0 Å². The summed E-state index contributed by atoms with van der Waals surface area (Å²) in [5, 5.41) is 28.1. The van der Waals surface area contributed by atoms with E-state index in [1.807, 2.05) is 29.2 Å². The van der Waals surface area contributed by atoms with Crippen LogP contribution in [0.25, 0.3) is 0 Å². The monoisotopic (exact) mass is 253 g/mol. The highest BCUT2D eigenvalue weighted by Crippen LogP contribution is 2.24. The third kappa shape index (κ3) is 2.64. The number of rotatable bonds is 5. The molecule has 100 valence electrons. The highest BCUT2D eigenvalue weighted by molar-refractivity contribution is 5.27. The fraction of sp³-hybridized carbons (Fsp3) is 0.538. The van der Waals surface area contributed by atoms with Crippen molar-refractivity contribution in [2.45, 2.75) is 24.8 Å². The Morgan fingerprint density at radius 2 is 2.06 bits per heavy atom. The fourth-order valence-corrected chi connectivity index (χ4v) is 2.32. The van der Waals surface area contributed by atoms with Gasteiger partial charge >= 0.3 is 0 Å². The Labute approximate surface area is 106 Å². The molecule has 0 radical (unpaired) electrons. The highest BCUT2D eigenvalue weighted by Gasteiger charge is 2.41. The Hall–Kier alpha value is -1.14. The Balaban J connectivity index is 1.96. The number of hydrogen-bond acceptors (Lipinski definition) is 5. The van der Waals surface area contributed by atoms with Gasteiger partial charge in [-0.1, -0.05) is 12.1 Å². The molecular weight excluding hydrogens is 234 g/mol. The number of benzene rings is 1. The highest BCUT2D eigenvalue weighted by atomic mass is 16.5.